The van der Waals surface area contributed by atoms with Crippen molar-refractivity contribution in [1.29, 1.82) is 0 Å². The van der Waals surface area contributed by atoms with E-state index in [1.165, 1.54) is 0 Å². The van der Waals surface area contributed by atoms with Gasteiger partial charge >= 0.3 is 0 Å². The summed E-state index contributed by atoms with van der Waals surface area (Å²) in [7, 11) is 3.20. The first-order valence-electron chi connectivity index (χ1n) is 7.10. The van der Waals surface area contributed by atoms with Crippen LogP contribution in [0.4, 0.5) is 0 Å². The number of ether oxygens (including phenoxy) is 2. The Morgan fingerprint density at radius 1 is 1.05 bits per heavy atom. The van der Waals surface area contributed by atoms with Gasteiger partial charge in [-0.05, 0) is 19.9 Å². The predicted molar refractivity (Wildman–Crippen MR) is 84.3 cm³/mol. The number of fused-ring (bicyclic) bond motifs is 1. The molecule has 0 radical (unpaired) electrons. The van der Waals surface area contributed by atoms with Crippen LogP contribution in [0.25, 0.3) is 10.8 Å². The van der Waals surface area contributed by atoms with Crippen molar-refractivity contribution < 1.29 is 14.3 Å². The lowest BCUT2D eigenvalue weighted by molar-refractivity contribution is 0.0769. The molecule has 0 fully saturated rings. The van der Waals surface area contributed by atoms with Crippen molar-refractivity contribution in [3.8, 4) is 11.5 Å². The quantitative estimate of drug-likeness (QED) is 0.846. The molecule has 2 rings (SSSR count). The van der Waals surface area contributed by atoms with E-state index in [0.29, 0.717) is 30.2 Å². The Kier molecular flexibility index (Phi) is 4.68. The van der Waals surface area contributed by atoms with Gasteiger partial charge in [-0.1, -0.05) is 24.3 Å². The van der Waals surface area contributed by atoms with Crippen LogP contribution in [-0.4, -0.2) is 38.1 Å². The summed E-state index contributed by atoms with van der Waals surface area (Å²) in [6.07, 6.45) is 0. The highest BCUT2D eigenvalue weighted by Crippen LogP contribution is 2.37. The smallest absolute Gasteiger partial charge is 0.257 e. The zero-order chi connectivity index (χ0) is 15.4. The van der Waals surface area contributed by atoms with Crippen molar-refractivity contribution in [2.75, 3.05) is 27.3 Å². The van der Waals surface area contributed by atoms with Gasteiger partial charge in [0.2, 0.25) is 0 Å². The van der Waals surface area contributed by atoms with Crippen molar-refractivity contribution in [2.24, 2.45) is 0 Å². The highest BCUT2D eigenvalue weighted by molar-refractivity contribution is 6.06. The van der Waals surface area contributed by atoms with Crippen LogP contribution in [-0.2, 0) is 0 Å². The fourth-order valence-electron chi connectivity index (χ4n) is 2.54. The lowest BCUT2D eigenvalue weighted by Crippen LogP contribution is -2.30. The van der Waals surface area contributed by atoms with Crippen LogP contribution in [0.5, 0.6) is 11.5 Å². The topological polar surface area (TPSA) is 38.8 Å². The van der Waals surface area contributed by atoms with Gasteiger partial charge in [0.15, 0.2) is 0 Å². The van der Waals surface area contributed by atoms with Gasteiger partial charge in [-0.15, -0.1) is 0 Å². The summed E-state index contributed by atoms with van der Waals surface area (Å²) in [5, 5.41) is 1.82. The molecule has 2 aromatic rings. The van der Waals surface area contributed by atoms with Gasteiger partial charge in [0.1, 0.15) is 11.5 Å². The normalized spacial score (nSPS) is 10.5. The number of methoxy groups -OCH3 is 2. The van der Waals surface area contributed by atoms with E-state index >= 15 is 0 Å². The Morgan fingerprint density at radius 2 is 1.67 bits per heavy atom. The molecular weight excluding hydrogens is 266 g/mol. The van der Waals surface area contributed by atoms with Gasteiger partial charge in [-0.2, -0.15) is 0 Å². The van der Waals surface area contributed by atoms with Crippen LogP contribution in [0, 0.1) is 0 Å². The molecule has 0 aliphatic carbocycles. The first-order chi connectivity index (χ1) is 10.2. The van der Waals surface area contributed by atoms with Gasteiger partial charge in [0.25, 0.3) is 5.91 Å². The number of carbonyl (C=O) groups is 1. The van der Waals surface area contributed by atoms with Gasteiger partial charge in [-0.3, -0.25) is 4.79 Å². The van der Waals surface area contributed by atoms with Crippen LogP contribution in [0.2, 0.25) is 0 Å². The number of amides is 1. The molecule has 0 heterocycles. The van der Waals surface area contributed by atoms with Crippen LogP contribution < -0.4 is 9.47 Å². The number of nitrogens with zero attached hydrogens (tertiary/aromatic N) is 1. The molecule has 0 spiro atoms. The Morgan fingerprint density at radius 3 is 2.19 bits per heavy atom. The minimum absolute atomic E-state index is 0.0408. The largest absolute Gasteiger partial charge is 0.496 e. The molecule has 4 nitrogen and oxygen atoms in total. The molecule has 21 heavy (non-hydrogen) atoms. The summed E-state index contributed by atoms with van der Waals surface area (Å²) < 4.78 is 11.0. The summed E-state index contributed by atoms with van der Waals surface area (Å²) in [4.78, 5) is 14.5. The van der Waals surface area contributed by atoms with Gasteiger partial charge in [0.05, 0.1) is 19.8 Å². The van der Waals surface area contributed by atoms with Gasteiger partial charge < -0.3 is 14.4 Å². The van der Waals surface area contributed by atoms with Crippen molar-refractivity contribution in [1.82, 2.24) is 4.90 Å². The number of hydrogen-bond donors (Lipinski definition) is 0. The van der Waals surface area contributed by atoms with E-state index in [-0.39, 0.29) is 5.91 Å². The van der Waals surface area contributed by atoms with Crippen molar-refractivity contribution in [3.05, 3.63) is 35.9 Å². The summed E-state index contributed by atoms with van der Waals surface area (Å²) in [5.74, 6) is 1.24. The second-order valence-electron chi connectivity index (χ2n) is 4.68. The predicted octanol–water partition coefficient (Wildman–Crippen LogP) is 3.34. The Hall–Kier alpha value is -2.23. The molecule has 0 aromatic heterocycles. The average Bonchev–Trinajstić information content (AvgIpc) is 2.54. The molecule has 0 saturated carbocycles. The standard InChI is InChI=1S/C17H21NO3/c1-5-18(6-2)17(19)14-11-15(20-3)12-9-7-8-10-13(12)16(14)21-4/h7-11H,5-6H2,1-4H3. The highest BCUT2D eigenvalue weighted by atomic mass is 16.5. The molecular formula is C17H21NO3. The number of hydrogen-bond acceptors (Lipinski definition) is 3. The van der Waals surface area contributed by atoms with E-state index in [9.17, 15) is 4.79 Å². The maximum Gasteiger partial charge on any atom is 0.257 e. The zero-order valence-corrected chi connectivity index (χ0v) is 13.0. The summed E-state index contributed by atoms with van der Waals surface area (Å²) in [6, 6.07) is 9.53. The second kappa shape index (κ2) is 6.48. The van der Waals surface area contributed by atoms with Crippen molar-refractivity contribution in [2.45, 2.75) is 13.8 Å². The third-order valence-corrected chi connectivity index (χ3v) is 3.66. The molecule has 0 aliphatic rings. The highest BCUT2D eigenvalue weighted by Gasteiger charge is 2.21. The van der Waals surface area contributed by atoms with Crippen LogP contribution in [0.3, 0.4) is 0 Å². The van der Waals surface area contributed by atoms with Crippen molar-refractivity contribution in [3.63, 3.8) is 0 Å². The lowest BCUT2D eigenvalue weighted by atomic mass is 10.0. The van der Waals surface area contributed by atoms with Gasteiger partial charge in [-0.25, -0.2) is 0 Å². The summed E-state index contributed by atoms with van der Waals surface area (Å²) in [5.41, 5.74) is 0.539. The molecule has 0 atom stereocenters. The van der Waals surface area contributed by atoms with Crippen molar-refractivity contribution >= 4 is 16.7 Å². The molecule has 4 heteroatoms. The van der Waals surface area contributed by atoms with E-state index in [2.05, 4.69) is 0 Å². The monoisotopic (exact) mass is 287 g/mol. The molecule has 2 aromatic carbocycles. The summed E-state index contributed by atoms with van der Waals surface area (Å²) >= 11 is 0. The van der Waals surface area contributed by atoms with E-state index in [1.54, 1.807) is 25.2 Å². The molecule has 0 bridgehead atoms. The Bertz CT molecular complexity index is 648. The van der Waals surface area contributed by atoms with Gasteiger partial charge in [0, 0.05) is 23.9 Å². The van der Waals surface area contributed by atoms with E-state index in [4.69, 9.17) is 9.47 Å². The number of carbonyl (C=O) groups excluding carboxylic acids is 1. The third kappa shape index (κ3) is 2.66. The van der Waals surface area contributed by atoms with E-state index in [1.807, 2.05) is 38.1 Å². The molecule has 0 aliphatic heterocycles. The van der Waals surface area contributed by atoms with Crippen LogP contribution in [0.1, 0.15) is 24.2 Å². The van der Waals surface area contributed by atoms with Crippen LogP contribution >= 0.6 is 0 Å². The minimum Gasteiger partial charge on any atom is -0.496 e. The summed E-state index contributed by atoms with van der Waals surface area (Å²) in [6.45, 7) is 5.25. The Balaban J connectivity index is 2.71. The van der Waals surface area contributed by atoms with E-state index < -0.39 is 0 Å². The fraction of sp³-hybridized carbons (Fsp3) is 0.353. The zero-order valence-electron chi connectivity index (χ0n) is 13.0. The second-order valence-corrected chi connectivity index (χ2v) is 4.68. The SMILES string of the molecule is CCN(CC)C(=O)c1cc(OC)c2ccccc2c1OC. The minimum atomic E-state index is -0.0408. The first kappa shape index (κ1) is 15.2. The number of rotatable bonds is 5. The molecule has 0 N–H and O–H groups in total. The molecule has 0 unspecified atom stereocenters. The number of benzene rings is 2. The molecule has 1 amide bonds. The Labute approximate surface area is 125 Å². The maximum atomic E-state index is 12.7. The molecule has 112 valence electrons. The maximum absolute atomic E-state index is 12.7. The van der Waals surface area contributed by atoms with Crippen LogP contribution in [0.15, 0.2) is 30.3 Å². The average molecular weight is 287 g/mol. The first-order valence-corrected chi connectivity index (χ1v) is 7.10. The fourth-order valence-corrected chi connectivity index (χ4v) is 2.54. The van der Waals surface area contributed by atoms with E-state index in [0.717, 1.165) is 10.8 Å². The lowest BCUT2D eigenvalue weighted by Gasteiger charge is -2.21. The third-order valence-electron chi connectivity index (χ3n) is 3.66. The molecule has 0 saturated heterocycles.